The van der Waals surface area contributed by atoms with Crippen molar-refractivity contribution >= 4 is 0 Å². The van der Waals surface area contributed by atoms with Crippen LogP contribution in [0.25, 0.3) is 0 Å². The average molecular weight is 227 g/mol. The molecule has 1 aromatic rings. The zero-order valence-electron chi connectivity index (χ0n) is 9.98. The van der Waals surface area contributed by atoms with Crippen molar-refractivity contribution in [1.82, 2.24) is 0 Å². The fraction of sp³-hybridized carbons (Fsp3) is 0.533. The van der Waals surface area contributed by atoms with Crippen LogP contribution in [0.1, 0.15) is 43.6 Å². The van der Waals surface area contributed by atoms with Gasteiger partial charge in [0.25, 0.3) is 0 Å². The second-order valence-corrected chi connectivity index (χ2v) is 5.35. The van der Waals surface area contributed by atoms with E-state index in [-0.39, 0.29) is 5.41 Å². The van der Waals surface area contributed by atoms with Crippen molar-refractivity contribution in [2.75, 3.05) is 6.61 Å². The monoisotopic (exact) mass is 227 g/mol. The normalized spacial score (nSPS) is 25.0. The lowest BCUT2D eigenvalue weighted by Gasteiger charge is -2.23. The van der Waals surface area contributed by atoms with Crippen molar-refractivity contribution in [1.29, 1.82) is 5.26 Å². The van der Waals surface area contributed by atoms with E-state index in [4.69, 9.17) is 4.74 Å². The van der Waals surface area contributed by atoms with Crippen LogP contribution < -0.4 is 4.74 Å². The van der Waals surface area contributed by atoms with Gasteiger partial charge in [-0.15, -0.1) is 0 Å². The molecule has 1 heterocycles. The van der Waals surface area contributed by atoms with Gasteiger partial charge in [-0.05, 0) is 25.3 Å². The Morgan fingerprint density at radius 2 is 2.06 bits per heavy atom. The second kappa shape index (κ2) is 4.07. The minimum Gasteiger partial charge on any atom is -0.493 e. The molecule has 17 heavy (non-hydrogen) atoms. The maximum absolute atomic E-state index is 9.43. The Morgan fingerprint density at radius 1 is 1.29 bits per heavy atom. The van der Waals surface area contributed by atoms with Gasteiger partial charge in [0.15, 0.2) is 0 Å². The molecule has 0 radical (unpaired) electrons. The van der Waals surface area contributed by atoms with Gasteiger partial charge >= 0.3 is 0 Å². The molecule has 0 N–H and O–H groups in total. The molecule has 2 nitrogen and oxygen atoms in total. The van der Waals surface area contributed by atoms with Gasteiger partial charge in [-0.25, -0.2) is 0 Å². The lowest BCUT2D eigenvalue weighted by molar-refractivity contribution is 0.277. The summed E-state index contributed by atoms with van der Waals surface area (Å²) in [5.41, 5.74) is 1.22. The van der Waals surface area contributed by atoms with E-state index in [1.807, 2.05) is 12.1 Å². The summed E-state index contributed by atoms with van der Waals surface area (Å²) in [6.45, 7) is 0.753. The largest absolute Gasteiger partial charge is 0.493 e. The molecule has 3 rings (SSSR count). The van der Waals surface area contributed by atoms with Crippen LogP contribution in [0.3, 0.4) is 0 Å². The van der Waals surface area contributed by atoms with E-state index >= 15 is 0 Å². The van der Waals surface area contributed by atoms with Crippen LogP contribution >= 0.6 is 0 Å². The molecule has 1 fully saturated rings. The minimum absolute atomic E-state index is 0.0779. The first-order chi connectivity index (χ1) is 8.33. The van der Waals surface area contributed by atoms with Crippen molar-refractivity contribution in [3.8, 4) is 11.8 Å². The molecule has 0 bridgehead atoms. The third kappa shape index (κ3) is 1.80. The van der Waals surface area contributed by atoms with Gasteiger partial charge in [-0.2, -0.15) is 5.26 Å². The lowest BCUT2D eigenvalue weighted by atomic mass is 9.77. The van der Waals surface area contributed by atoms with E-state index in [9.17, 15) is 5.26 Å². The van der Waals surface area contributed by atoms with Crippen molar-refractivity contribution in [2.45, 2.75) is 38.0 Å². The fourth-order valence-electron chi connectivity index (χ4n) is 3.28. The number of fused-ring (bicyclic) bond motifs is 1. The smallest absolute Gasteiger partial charge is 0.122 e. The second-order valence-electron chi connectivity index (χ2n) is 5.35. The minimum atomic E-state index is -0.0779. The molecule has 0 saturated heterocycles. The zero-order chi connectivity index (χ0) is 11.7. The summed E-state index contributed by atoms with van der Waals surface area (Å²) in [6.07, 6.45) is 5.54. The molecule has 2 aliphatic rings. The van der Waals surface area contributed by atoms with E-state index < -0.39 is 0 Å². The molecule has 0 amide bonds. The molecule has 0 aromatic heterocycles. The number of ether oxygens (including phenoxy) is 1. The summed E-state index contributed by atoms with van der Waals surface area (Å²) in [6, 6.07) is 10.8. The quantitative estimate of drug-likeness (QED) is 0.772. The molecule has 1 saturated carbocycles. The van der Waals surface area contributed by atoms with Gasteiger partial charge in [-0.1, -0.05) is 31.0 Å². The first kappa shape index (κ1) is 10.7. The molecule has 1 aliphatic carbocycles. The van der Waals surface area contributed by atoms with Gasteiger partial charge < -0.3 is 4.74 Å². The molecule has 1 aliphatic heterocycles. The predicted molar refractivity (Wildman–Crippen MR) is 65.8 cm³/mol. The highest BCUT2D eigenvalue weighted by molar-refractivity contribution is 5.40. The lowest BCUT2D eigenvalue weighted by Crippen LogP contribution is -2.18. The summed E-state index contributed by atoms with van der Waals surface area (Å²) in [5, 5.41) is 9.43. The summed E-state index contributed by atoms with van der Waals surface area (Å²) in [4.78, 5) is 0. The number of hydrogen-bond acceptors (Lipinski definition) is 2. The number of benzene rings is 1. The summed E-state index contributed by atoms with van der Waals surface area (Å²) in [7, 11) is 0. The molecule has 1 atom stereocenters. The van der Waals surface area contributed by atoms with E-state index in [1.165, 1.54) is 18.4 Å². The molecular formula is C15H17NO. The number of rotatable bonds is 2. The highest BCUT2D eigenvalue weighted by Gasteiger charge is 2.38. The highest BCUT2D eigenvalue weighted by atomic mass is 16.5. The standard InChI is InChI=1S/C15H17NO/c16-11-15(7-3-4-8-15)9-12-10-17-14-6-2-1-5-13(12)14/h1-2,5-6,12H,3-4,7-10H2. The summed E-state index contributed by atoms with van der Waals surface area (Å²) >= 11 is 0. The Hall–Kier alpha value is -1.49. The molecule has 88 valence electrons. The van der Waals surface area contributed by atoms with Crippen LogP contribution in [0.4, 0.5) is 0 Å². The highest BCUT2D eigenvalue weighted by Crippen LogP contribution is 2.47. The third-order valence-corrected chi connectivity index (χ3v) is 4.23. The van der Waals surface area contributed by atoms with Crippen molar-refractivity contribution in [3.63, 3.8) is 0 Å². The van der Waals surface area contributed by atoms with Crippen molar-refractivity contribution in [2.24, 2.45) is 5.41 Å². The Morgan fingerprint density at radius 3 is 2.82 bits per heavy atom. The number of hydrogen-bond donors (Lipinski definition) is 0. The zero-order valence-corrected chi connectivity index (χ0v) is 9.98. The Balaban J connectivity index is 1.82. The topological polar surface area (TPSA) is 33.0 Å². The first-order valence-electron chi connectivity index (χ1n) is 6.46. The summed E-state index contributed by atoms with van der Waals surface area (Å²) in [5.74, 6) is 1.44. The van der Waals surface area contributed by atoms with Crippen LogP contribution in [-0.2, 0) is 0 Å². The van der Waals surface area contributed by atoms with Gasteiger partial charge in [0.05, 0.1) is 18.1 Å². The first-order valence-corrected chi connectivity index (χ1v) is 6.46. The van der Waals surface area contributed by atoms with Crippen LogP contribution in [0.2, 0.25) is 0 Å². The number of para-hydroxylation sites is 1. The molecule has 1 aromatic carbocycles. The SMILES string of the molecule is N#CC1(CC2COc3ccccc32)CCCC1. The summed E-state index contributed by atoms with van der Waals surface area (Å²) < 4.78 is 5.70. The third-order valence-electron chi connectivity index (χ3n) is 4.23. The molecule has 1 unspecified atom stereocenters. The van der Waals surface area contributed by atoms with Crippen LogP contribution in [-0.4, -0.2) is 6.61 Å². The maximum atomic E-state index is 9.43. The Labute approximate surface area is 102 Å². The maximum Gasteiger partial charge on any atom is 0.122 e. The Bertz CT molecular complexity index is 454. The van der Waals surface area contributed by atoms with Crippen molar-refractivity contribution < 1.29 is 4.74 Å². The predicted octanol–water partition coefficient (Wildman–Crippen LogP) is 3.64. The van der Waals surface area contributed by atoms with Gasteiger partial charge in [0, 0.05) is 11.5 Å². The number of nitriles is 1. The molecular weight excluding hydrogens is 210 g/mol. The van der Waals surface area contributed by atoms with Gasteiger partial charge in [-0.3, -0.25) is 0 Å². The van der Waals surface area contributed by atoms with Crippen LogP contribution in [0.15, 0.2) is 24.3 Å². The average Bonchev–Trinajstić information content (AvgIpc) is 2.99. The Kier molecular flexibility index (Phi) is 2.55. The van der Waals surface area contributed by atoms with Crippen molar-refractivity contribution in [3.05, 3.63) is 29.8 Å². The fourth-order valence-corrected chi connectivity index (χ4v) is 3.28. The number of nitrogens with zero attached hydrogens (tertiary/aromatic N) is 1. The van der Waals surface area contributed by atoms with Crippen LogP contribution in [0.5, 0.6) is 5.75 Å². The van der Waals surface area contributed by atoms with Gasteiger partial charge in [0.2, 0.25) is 0 Å². The van der Waals surface area contributed by atoms with E-state index in [0.29, 0.717) is 5.92 Å². The molecule has 2 heteroatoms. The molecule has 0 spiro atoms. The van der Waals surface area contributed by atoms with E-state index in [1.54, 1.807) is 0 Å². The van der Waals surface area contributed by atoms with Crippen LogP contribution in [0, 0.1) is 16.7 Å². The van der Waals surface area contributed by atoms with E-state index in [2.05, 4.69) is 18.2 Å². The van der Waals surface area contributed by atoms with E-state index in [0.717, 1.165) is 31.6 Å². The van der Waals surface area contributed by atoms with Gasteiger partial charge in [0.1, 0.15) is 5.75 Å².